The van der Waals surface area contributed by atoms with Crippen LogP contribution in [-0.2, 0) is 0 Å². The molecule has 1 aromatic carbocycles. The molecule has 2 heterocycles. The van der Waals surface area contributed by atoms with Crippen LogP contribution in [0.4, 0.5) is 0 Å². The van der Waals surface area contributed by atoms with Crippen molar-refractivity contribution in [1.82, 2.24) is 40.4 Å². The lowest BCUT2D eigenvalue weighted by molar-refractivity contribution is 0.760. The third-order valence-corrected chi connectivity index (χ3v) is 2.64. The number of tetrazole rings is 2. The molecule has 0 unspecified atom stereocenters. The molecule has 20 heavy (non-hydrogen) atoms. The molecule has 0 aliphatic heterocycles. The molecule has 0 saturated carbocycles. The van der Waals surface area contributed by atoms with Gasteiger partial charge in [0, 0.05) is 23.5 Å². The summed E-state index contributed by atoms with van der Waals surface area (Å²) in [5.41, 5.74) is 1.65. The van der Waals surface area contributed by atoms with Gasteiger partial charge in [0.25, 0.3) is 0 Å². The minimum Gasteiger partial charge on any atom is -0.201 e. The highest BCUT2D eigenvalue weighted by Crippen LogP contribution is 2.22. The summed E-state index contributed by atoms with van der Waals surface area (Å²) in [5, 5.41) is 23.3. The molecule has 98 valence electrons. The van der Waals surface area contributed by atoms with Crippen molar-refractivity contribution in [2.24, 2.45) is 0 Å². The van der Waals surface area contributed by atoms with Crippen LogP contribution in [0.1, 0.15) is 0 Å². The molecular weight excluding hydrogens is 256 g/mol. The molecule has 8 nitrogen and oxygen atoms in total. The zero-order valence-electron chi connectivity index (χ0n) is 10.5. The van der Waals surface area contributed by atoms with E-state index in [1.807, 2.05) is 24.3 Å². The summed E-state index contributed by atoms with van der Waals surface area (Å²) in [6.45, 7) is 7.23. The molecule has 0 fully saturated rings. The second-order valence-corrected chi connectivity index (χ2v) is 3.83. The Kier molecular flexibility index (Phi) is 2.88. The number of nitrogens with zero attached hydrogens (tertiary/aromatic N) is 8. The molecule has 0 aliphatic carbocycles. The van der Waals surface area contributed by atoms with E-state index < -0.39 is 0 Å². The van der Waals surface area contributed by atoms with Crippen LogP contribution >= 0.6 is 0 Å². The summed E-state index contributed by atoms with van der Waals surface area (Å²) < 4.78 is 1.49. The monoisotopic (exact) mass is 266 g/mol. The van der Waals surface area contributed by atoms with Crippen LogP contribution in [0, 0.1) is 0 Å². The van der Waals surface area contributed by atoms with Gasteiger partial charge in [-0.15, -0.1) is 20.1 Å². The number of hydrogen-bond acceptors (Lipinski definition) is 6. The van der Waals surface area contributed by atoms with Crippen LogP contribution in [-0.4, -0.2) is 40.4 Å². The van der Waals surface area contributed by atoms with Gasteiger partial charge in [-0.3, -0.25) is 0 Å². The van der Waals surface area contributed by atoms with E-state index in [4.69, 9.17) is 0 Å². The highest BCUT2D eigenvalue weighted by atomic mass is 15.6. The average molecular weight is 266 g/mol. The average Bonchev–Trinajstić information content (AvgIpc) is 3.16. The first-order chi connectivity index (χ1) is 9.81. The summed E-state index contributed by atoms with van der Waals surface area (Å²) in [4.78, 5) is 1.30. The second-order valence-electron chi connectivity index (χ2n) is 3.83. The van der Waals surface area contributed by atoms with Crippen molar-refractivity contribution < 1.29 is 0 Å². The van der Waals surface area contributed by atoms with E-state index in [9.17, 15) is 0 Å². The fourth-order valence-electron chi connectivity index (χ4n) is 1.72. The lowest BCUT2D eigenvalue weighted by Crippen LogP contribution is -1.93. The van der Waals surface area contributed by atoms with Gasteiger partial charge in [0.1, 0.15) is 0 Å². The topological polar surface area (TPSA) is 87.2 Å². The quantitative estimate of drug-likeness (QED) is 0.705. The van der Waals surface area contributed by atoms with Gasteiger partial charge >= 0.3 is 0 Å². The zero-order valence-corrected chi connectivity index (χ0v) is 10.5. The number of rotatable bonds is 4. The zero-order chi connectivity index (χ0) is 13.9. The van der Waals surface area contributed by atoms with Crippen LogP contribution in [0.5, 0.6) is 0 Å². The first-order valence-electron chi connectivity index (χ1n) is 5.75. The van der Waals surface area contributed by atoms with E-state index in [1.165, 1.54) is 21.9 Å². The molecular formula is C12H10N8. The van der Waals surface area contributed by atoms with Gasteiger partial charge in [-0.05, 0) is 21.7 Å². The molecule has 3 aromatic rings. The Bertz CT molecular complexity index is 769. The van der Waals surface area contributed by atoms with Gasteiger partial charge in [-0.1, -0.05) is 31.4 Å². The summed E-state index contributed by atoms with van der Waals surface area (Å²) >= 11 is 0. The lowest BCUT2D eigenvalue weighted by atomic mass is 10.1. The molecule has 0 amide bonds. The fraction of sp³-hybridized carbons (Fsp3) is 0. The highest BCUT2D eigenvalue weighted by molar-refractivity contribution is 5.66. The SMILES string of the molecule is C=Cn1nnc(-c2cccc(-c3nnnn3C=C)c2)n1. The van der Waals surface area contributed by atoms with Gasteiger partial charge in [0.2, 0.25) is 5.82 Å². The summed E-state index contributed by atoms with van der Waals surface area (Å²) in [6.07, 6.45) is 3.01. The van der Waals surface area contributed by atoms with Crippen molar-refractivity contribution in [1.29, 1.82) is 0 Å². The van der Waals surface area contributed by atoms with Gasteiger partial charge in [0.15, 0.2) is 5.82 Å². The molecule has 2 aromatic heterocycles. The van der Waals surface area contributed by atoms with E-state index >= 15 is 0 Å². The molecule has 0 bridgehead atoms. The molecule has 0 atom stereocenters. The number of aromatic nitrogens is 8. The van der Waals surface area contributed by atoms with Gasteiger partial charge in [0.05, 0.1) is 0 Å². The molecule has 0 radical (unpaired) electrons. The van der Waals surface area contributed by atoms with E-state index in [2.05, 4.69) is 44.1 Å². The van der Waals surface area contributed by atoms with E-state index in [-0.39, 0.29) is 0 Å². The molecule has 0 N–H and O–H groups in total. The Hall–Kier alpha value is -3.16. The van der Waals surface area contributed by atoms with Crippen LogP contribution in [0.25, 0.3) is 35.2 Å². The van der Waals surface area contributed by atoms with Crippen molar-refractivity contribution in [3.05, 3.63) is 37.4 Å². The largest absolute Gasteiger partial charge is 0.205 e. The van der Waals surface area contributed by atoms with Crippen LogP contribution in [0.3, 0.4) is 0 Å². The first-order valence-corrected chi connectivity index (χ1v) is 5.75. The van der Waals surface area contributed by atoms with E-state index in [1.54, 1.807) is 0 Å². The molecule has 8 heteroatoms. The van der Waals surface area contributed by atoms with Crippen molar-refractivity contribution in [3.8, 4) is 22.8 Å². The smallest absolute Gasteiger partial charge is 0.201 e. The lowest BCUT2D eigenvalue weighted by Gasteiger charge is -2.01. The minimum absolute atomic E-state index is 0.504. The fourth-order valence-corrected chi connectivity index (χ4v) is 1.72. The molecule has 0 spiro atoms. The van der Waals surface area contributed by atoms with Crippen LogP contribution in [0.15, 0.2) is 37.4 Å². The summed E-state index contributed by atoms with van der Waals surface area (Å²) in [6, 6.07) is 7.54. The van der Waals surface area contributed by atoms with Gasteiger partial charge in [-0.2, -0.15) is 0 Å². The Morgan fingerprint density at radius 1 is 1.00 bits per heavy atom. The van der Waals surface area contributed by atoms with Crippen molar-refractivity contribution >= 4 is 12.4 Å². The van der Waals surface area contributed by atoms with Crippen molar-refractivity contribution in [3.63, 3.8) is 0 Å². The third kappa shape index (κ3) is 1.99. The Balaban J connectivity index is 2.05. The highest BCUT2D eigenvalue weighted by Gasteiger charge is 2.10. The first kappa shape index (κ1) is 11.9. The summed E-state index contributed by atoms with van der Waals surface area (Å²) in [5.74, 6) is 1.10. The summed E-state index contributed by atoms with van der Waals surface area (Å²) in [7, 11) is 0. The Labute approximate surface area is 114 Å². The predicted octanol–water partition coefficient (Wildman–Crippen LogP) is 1.19. The normalized spacial score (nSPS) is 10.4. The maximum absolute atomic E-state index is 4.16. The van der Waals surface area contributed by atoms with E-state index in [0.29, 0.717) is 11.6 Å². The standard InChI is InChI=1S/C12H10N8/c1-3-19-12(14-16-18-19)10-7-5-6-9(8-10)11-13-17-20(4-2)15-11/h3-8H,1-2H2. The van der Waals surface area contributed by atoms with Crippen LogP contribution in [0.2, 0.25) is 0 Å². The molecule has 3 rings (SSSR count). The van der Waals surface area contributed by atoms with Crippen molar-refractivity contribution in [2.75, 3.05) is 0 Å². The van der Waals surface area contributed by atoms with Gasteiger partial charge < -0.3 is 0 Å². The Morgan fingerprint density at radius 3 is 2.60 bits per heavy atom. The van der Waals surface area contributed by atoms with E-state index in [0.717, 1.165) is 11.1 Å². The third-order valence-electron chi connectivity index (χ3n) is 2.64. The number of hydrogen-bond donors (Lipinski definition) is 0. The number of benzene rings is 1. The molecule has 0 aliphatic rings. The Morgan fingerprint density at radius 2 is 1.85 bits per heavy atom. The second kappa shape index (κ2) is 4.84. The van der Waals surface area contributed by atoms with Crippen LogP contribution < -0.4 is 0 Å². The maximum Gasteiger partial charge on any atom is 0.205 e. The predicted molar refractivity (Wildman–Crippen MR) is 72.8 cm³/mol. The minimum atomic E-state index is 0.504. The van der Waals surface area contributed by atoms with Gasteiger partial charge in [-0.25, -0.2) is 4.68 Å². The van der Waals surface area contributed by atoms with Crippen molar-refractivity contribution in [2.45, 2.75) is 0 Å². The molecule has 0 saturated heterocycles. The maximum atomic E-state index is 4.16.